The molecule has 0 heterocycles. The average Bonchev–Trinajstić information content (AvgIpc) is 3.67. The number of urea groups is 1. The molecule has 2 atom stereocenters. The van der Waals surface area contributed by atoms with Crippen molar-refractivity contribution >= 4 is 17.7 Å². The van der Waals surface area contributed by atoms with Crippen LogP contribution in [0.25, 0.3) is 0 Å². The van der Waals surface area contributed by atoms with Gasteiger partial charge in [0.2, 0.25) is 0 Å². The minimum absolute atomic E-state index is 0.0415. The van der Waals surface area contributed by atoms with Crippen LogP contribution in [-0.2, 0) is 16.1 Å². The zero-order chi connectivity index (χ0) is 24.8. The van der Waals surface area contributed by atoms with Gasteiger partial charge in [0.1, 0.15) is 0 Å². The van der Waals surface area contributed by atoms with E-state index in [9.17, 15) is 14.7 Å². The second-order valence-corrected chi connectivity index (χ2v) is 9.68. The van der Waals surface area contributed by atoms with E-state index in [2.05, 4.69) is 5.32 Å². The number of rotatable bonds is 10. The number of hydrogen-bond donors (Lipinski definition) is 2. The minimum Gasteiger partial charge on any atom is -0.478 e. The molecular weight excluding hydrogens is 444 g/mol. The van der Waals surface area contributed by atoms with Crippen molar-refractivity contribution < 1.29 is 24.2 Å². The van der Waals surface area contributed by atoms with Gasteiger partial charge in [-0.2, -0.15) is 0 Å². The normalized spacial score (nSPS) is 19.8. The van der Waals surface area contributed by atoms with Crippen molar-refractivity contribution in [2.75, 3.05) is 18.5 Å². The third kappa shape index (κ3) is 6.83. The highest BCUT2D eigenvalue weighted by molar-refractivity contribution is 5.91. The maximum atomic E-state index is 12.9. The quantitative estimate of drug-likeness (QED) is 0.466. The summed E-state index contributed by atoms with van der Waals surface area (Å²) in [5, 5.41) is 12.6. The zero-order valence-electron chi connectivity index (χ0n) is 20.7. The van der Waals surface area contributed by atoms with Crippen molar-refractivity contribution in [1.29, 1.82) is 0 Å². The molecule has 0 radical (unpaired) electrons. The summed E-state index contributed by atoms with van der Waals surface area (Å²) < 4.78 is 12.3. The lowest BCUT2D eigenvalue weighted by Gasteiger charge is -2.30. The zero-order valence-corrected chi connectivity index (χ0v) is 20.7. The molecule has 0 aromatic heterocycles. The van der Waals surface area contributed by atoms with E-state index in [1.54, 1.807) is 0 Å². The van der Waals surface area contributed by atoms with Crippen molar-refractivity contribution in [2.45, 2.75) is 77.2 Å². The lowest BCUT2D eigenvalue weighted by Crippen LogP contribution is -2.40. The van der Waals surface area contributed by atoms with Crippen molar-refractivity contribution in [3.63, 3.8) is 0 Å². The van der Waals surface area contributed by atoms with E-state index in [4.69, 9.17) is 9.47 Å². The first-order valence-electron chi connectivity index (χ1n) is 12.6. The lowest BCUT2D eigenvalue weighted by atomic mass is 9.94. The third-order valence-corrected chi connectivity index (χ3v) is 6.95. The van der Waals surface area contributed by atoms with E-state index in [0.717, 1.165) is 55.3 Å². The number of carbonyl (C=O) groups excluding carboxylic acids is 1. The number of nitrogens with one attached hydrogen (secondary N) is 1. The molecule has 35 heavy (non-hydrogen) atoms. The summed E-state index contributed by atoms with van der Waals surface area (Å²) in [6.07, 6.45) is 5.92. The molecule has 7 heteroatoms. The van der Waals surface area contributed by atoms with Crippen molar-refractivity contribution in [2.24, 2.45) is 0 Å². The van der Waals surface area contributed by atoms with Crippen LogP contribution in [-0.4, -0.2) is 53.4 Å². The molecule has 2 N–H and O–H groups in total. The molecule has 2 aliphatic carbocycles. The number of nitrogens with zero attached hydrogens (tertiary/aromatic N) is 1. The number of carbonyl (C=O) groups is 2. The second-order valence-electron chi connectivity index (χ2n) is 9.68. The highest BCUT2D eigenvalue weighted by atomic mass is 16.5. The molecule has 2 aromatic carbocycles. The fourth-order valence-electron chi connectivity index (χ4n) is 4.82. The largest absolute Gasteiger partial charge is 0.478 e. The van der Waals surface area contributed by atoms with Crippen molar-refractivity contribution in [1.82, 2.24) is 4.90 Å². The van der Waals surface area contributed by atoms with E-state index < -0.39 is 5.97 Å². The van der Waals surface area contributed by atoms with Gasteiger partial charge in [-0.25, -0.2) is 9.59 Å². The Kier molecular flexibility index (Phi) is 8.42. The maximum Gasteiger partial charge on any atom is 0.336 e. The summed E-state index contributed by atoms with van der Waals surface area (Å²) in [5.74, 6) is -0.918. The number of para-hydroxylation sites is 1. The monoisotopic (exact) mass is 480 g/mol. The van der Waals surface area contributed by atoms with E-state index in [1.807, 2.05) is 61.2 Å². The van der Waals surface area contributed by atoms with Gasteiger partial charge in [-0.15, -0.1) is 0 Å². The van der Waals surface area contributed by atoms with Gasteiger partial charge in [0.15, 0.2) is 0 Å². The fraction of sp³-hybridized carbons (Fsp3) is 0.500. The summed E-state index contributed by atoms with van der Waals surface area (Å²) in [7, 11) is 0. The lowest BCUT2D eigenvalue weighted by molar-refractivity contribution is -0.0524. The summed E-state index contributed by atoms with van der Waals surface area (Å²) in [4.78, 5) is 26.4. The second kappa shape index (κ2) is 11.7. The summed E-state index contributed by atoms with van der Waals surface area (Å²) in [6, 6.07) is 13.5. The van der Waals surface area contributed by atoms with Gasteiger partial charge in [0.05, 0.1) is 31.0 Å². The Balaban J connectivity index is 1.25. The molecule has 7 nitrogen and oxygen atoms in total. The summed E-state index contributed by atoms with van der Waals surface area (Å²) in [6.45, 7) is 5.15. The van der Waals surface area contributed by atoms with E-state index in [1.165, 1.54) is 0 Å². The minimum atomic E-state index is -0.918. The molecule has 2 aliphatic rings. The number of benzene rings is 2. The highest BCUT2D eigenvalue weighted by Gasteiger charge is 2.33. The number of amides is 2. The SMILES string of the molecule is Cc1ccccc1NC(=O)N(CCO[C@@H]1CCC[C@H](OCc2cccc(C)c2C(=O)O)C1)C1CC1. The predicted octanol–water partition coefficient (Wildman–Crippen LogP) is 5.54. The van der Waals surface area contributed by atoms with Gasteiger partial charge in [-0.05, 0) is 75.1 Å². The van der Waals surface area contributed by atoms with Crippen LogP contribution in [0, 0.1) is 13.8 Å². The van der Waals surface area contributed by atoms with E-state index >= 15 is 0 Å². The molecule has 0 bridgehead atoms. The van der Waals surface area contributed by atoms with Crippen LogP contribution < -0.4 is 5.32 Å². The summed E-state index contributed by atoms with van der Waals surface area (Å²) >= 11 is 0. The number of carboxylic acid groups (broad SMARTS) is 1. The van der Waals surface area contributed by atoms with Crippen LogP contribution in [0.2, 0.25) is 0 Å². The van der Waals surface area contributed by atoms with Gasteiger partial charge < -0.3 is 24.8 Å². The van der Waals surface area contributed by atoms with Gasteiger partial charge >= 0.3 is 12.0 Å². The van der Waals surface area contributed by atoms with E-state index in [-0.39, 0.29) is 24.8 Å². The molecule has 2 aromatic rings. The highest BCUT2D eigenvalue weighted by Crippen LogP contribution is 2.29. The van der Waals surface area contributed by atoms with Crippen LogP contribution >= 0.6 is 0 Å². The first-order valence-corrected chi connectivity index (χ1v) is 12.6. The fourth-order valence-corrected chi connectivity index (χ4v) is 4.82. The Morgan fingerprint density at radius 1 is 0.971 bits per heavy atom. The Bertz CT molecular complexity index is 1040. The number of ether oxygens (including phenoxy) is 2. The van der Waals surface area contributed by atoms with Crippen molar-refractivity contribution in [3.8, 4) is 0 Å². The molecule has 2 saturated carbocycles. The molecule has 0 saturated heterocycles. The summed E-state index contributed by atoms with van der Waals surface area (Å²) in [5.41, 5.74) is 3.67. The number of hydrogen-bond acceptors (Lipinski definition) is 4. The topological polar surface area (TPSA) is 88.1 Å². The number of carboxylic acids is 1. The Morgan fingerprint density at radius 2 is 1.69 bits per heavy atom. The number of aromatic carboxylic acids is 1. The number of aryl methyl sites for hydroxylation is 2. The molecule has 0 unspecified atom stereocenters. The maximum absolute atomic E-state index is 12.9. The van der Waals surface area contributed by atoms with Crippen LogP contribution in [0.5, 0.6) is 0 Å². The molecule has 0 aliphatic heterocycles. The molecule has 188 valence electrons. The first kappa shape index (κ1) is 25.2. The van der Waals surface area contributed by atoms with E-state index in [0.29, 0.717) is 30.3 Å². The standard InChI is InChI=1S/C28H36N2O5/c1-19-7-3-4-12-25(19)29-28(33)30(22-13-14-22)15-16-34-23-10-6-11-24(17-23)35-18-21-9-5-8-20(2)26(21)27(31)32/h3-5,7-9,12,22-24H,6,10-11,13-18H2,1-2H3,(H,29,33)(H,31,32)/t23-,24+/m1/s1. The van der Waals surface area contributed by atoms with Crippen LogP contribution in [0.4, 0.5) is 10.5 Å². The Hall–Kier alpha value is -2.90. The average molecular weight is 481 g/mol. The first-order chi connectivity index (χ1) is 16.9. The molecule has 2 amide bonds. The third-order valence-electron chi connectivity index (χ3n) is 6.95. The molecule has 2 fully saturated rings. The van der Waals surface area contributed by atoms with Crippen LogP contribution in [0.3, 0.4) is 0 Å². The Labute approximate surface area is 207 Å². The molecular formula is C28H36N2O5. The van der Waals surface area contributed by atoms with Gasteiger partial charge in [-0.3, -0.25) is 0 Å². The smallest absolute Gasteiger partial charge is 0.336 e. The van der Waals surface area contributed by atoms with Crippen LogP contribution in [0.1, 0.15) is 65.6 Å². The Morgan fingerprint density at radius 3 is 2.40 bits per heavy atom. The predicted molar refractivity (Wildman–Crippen MR) is 135 cm³/mol. The molecule has 0 spiro atoms. The van der Waals surface area contributed by atoms with Gasteiger partial charge in [0.25, 0.3) is 0 Å². The van der Waals surface area contributed by atoms with Gasteiger partial charge in [-0.1, -0.05) is 36.4 Å². The molecule has 4 rings (SSSR count). The van der Waals surface area contributed by atoms with Crippen molar-refractivity contribution in [3.05, 3.63) is 64.7 Å². The van der Waals surface area contributed by atoms with Crippen LogP contribution in [0.15, 0.2) is 42.5 Å². The van der Waals surface area contributed by atoms with Gasteiger partial charge in [0, 0.05) is 18.3 Å². The number of anilines is 1.